The maximum Gasteiger partial charge on any atom is 0.256 e. The molecular formula is C13H16ClN5O. The zero-order valence-corrected chi connectivity index (χ0v) is 12.3. The van der Waals surface area contributed by atoms with Gasteiger partial charge in [0, 0.05) is 25.9 Å². The highest BCUT2D eigenvalue weighted by Crippen LogP contribution is 2.18. The SMILES string of the molecule is CCc1nn(C)cc1NC(=O)c1cc(Cl)nc(NC)c1. The summed E-state index contributed by atoms with van der Waals surface area (Å²) in [7, 11) is 3.54. The first kappa shape index (κ1) is 14.3. The lowest BCUT2D eigenvalue weighted by atomic mass is 10.2. The molecule has 20 heavy (non-hydrogen) atoms. The fourth-order valence-electron chi connectivity index (χ4n) is 1.85. The van der Waals surface area contributed by atoms with Crippen molar-refractivity contribution in [2.24, 2.45) is 7.05 Å². The summed E-state index contributed by atoms with van der Waals surface area (Å²) >= 11 is 5.89. The zero-order chi connectivity index (χ0) is 14.7. The van der Waals surface area contributed by atoms with Crippen molar-refractivity contribution in [1.29, 1.82) is 0 Å². The van der Waals surface area contributed by atoms with Gasteiger partial charge in [0.15, 0.2) is 0 Å². The number of aromatic nitrogens is 3. The van der Waals surface area contributed by atoms with Crippen LogP contribution in [0, 0.1) is 0 Å². The standard InChI is InChI=1S/C13H16ClN5O/c1-4-9-10(7-19(3)18-9)16-13(20)8-5-11(14)17-12(6-8)15-2/h5-7H,4H2,1-3H3,(H,15,17)(H,16,20). The molecule has 2 heterocycles. The van der Waals surface area contributed by atoms with Gasteiger partial charge in [-0.05, 0) is 18.6 Å². The van der Waals surface area contributed by atoms with Gasteiger partial charge in [0.05, 0.1) is 11.4 Å². The van der Waals surface area contributed by atoms with Crippen LogP contribution in [0.2, 0.25) is 5.15 Å². The Balaban J connectivity index is 2.25. The van der Waals surface area contributed by atoms with Gasteiger partial charge in [-0.1, -0.05) is 18.5 Å². The number of hydrogen-bond acceptors (Lipinski definition) is 4. The van der Waals surface area contributed by atoms with Gasteiger partial charge < -0.3 is 10.6 Å². The molecule has 0 saturated carbocycles. The average Bonchev–Trinajstić information content (AvgIpc) is 2.77. The summed E-state index contributed by atoms with van der Waals surface area (Å²) in [6.45, 7) is 1.99. The van der Waals surface area contributed by atoms with Crippen LogP contribution in [0.15, 0.2) is 18.3 Å². The summed E-state index contributed by atoms with van der Waals surface area (Å²) in [5.74, 6) is 0.304. The monoisotopic (exact) mass is 293 g/mol. The fraction of sp³-hybridized carbons (Fsp3) is 0.308. The van der Waals surface area contributed by atoms with Crippen molar-refractivity contribution in [3.8, 4) is 0 Å². The number of carbonyl (C=O) groups is 1. The Hall–Kier alpha value is -2.08. The minimum absolute atomic E-state index is 0.242. The number of nitrogens with zero attached hydrogens (tertiary/aromatic N) is 3. The van der Waals surface area contributed by atoms with Gasteiger partial charge in [-0.15, -0.1) is 0 Å². The van der Waals surface area contributed by atoms with Gasteiger partial charge in [-0.25, -0.2) is 4.98 Å². The molecule has 0 aliphatic rings. The maximum absolute atomic E-state index is 12.2. The molecule has 0 spiro atoms. The first-order valence-electron chi connectivity index (χ1n) is 6.22. The quantitative estimate of drug-likeness (QED) is 0.849. The van der Waals surface area contributed by atoms with E-state index in [0.29, 0.717) is 17.1 Å². The molecule has 7 heteroatoms. The van der Waals surface area contributed by atoms with E-state index in [9.17, 15) is 4.79 Å². The van der Waals surface area contributed by atoms with E-state index >= 15 is 0 Å². The molecule has 106 valence electrons. The Labute approximate surface area is 122 Å². The van der Waals surface area contributed by atoms with Crippen molar-refractivity contribution in [3.05, 3.63) is 34.7 Å². The second-order valence-corrected chi connectivity index (χ2v) is 4.67. The van der Waals surface area contributed by atoms with Gasteiger partial charge in [-0.2, -0.15) is 5.10 Å². The fourth-order valence-corrected chi connectivity index (χ4v) is 2.06. The number of aryl methyl sites for hydroxylation is 2. The van der Waals surface area contributed by atoms with Crippen LogP contribution >= 0.6 is 11.6 Å². The summed E-state index contributed by atoms with van der Waals surface area (Å²) < 4.78 is 1.67. The molecule has 0 unspecified atom stereocenters. The molecule has 0 aliphatic heterocycles. The Bertz CT molecular complexity index is 638. The lowest BCUT2D eigenvalue weighted by Gasteiger charge is -2.06. The number of rotatable bonds is 4. The van der Waals surface area contributed by atoms with Gasteiger partial charge in [0.2, 0.25) is 0 Å². The van der Waals surface area contributed by atoms with E-state index in [-0.39, 0.29) is 11.1 Å². The van der Waals surface area contributed by atoms with Crippen LogP contribution in [-0.4, -0.2) is 27.7 Å². The highest BCUT2D eigenvalue weighted by molar-refractivity contribution is 6.30. The second-order valence-electron chi connectivity index (χ2n) is 4.28. The molecule has 0 atom stereocenters. The average molecular weight is 294 g/mol. The predicted molar refractivity (Wildman–Crippen MR) is 79.3 cm³/mol. The molecular weight excluding hydrogens is 278 g/mol. The third-order valence-corrected chi connectivity index (χ3v) is 2.99. The minimum Gasteiger partial charge on any atom is -0.373 e. The van der Waals surface area contributed by atoms with Gasteiger partial charge in [0.25, 0.3) is 5.91 Å². The van der Waals surface area contributed by atoms with Crippen molar-refractivity contribution < 1.29 is 4.79 Å². The molecule has 2 aromatic rings. The summed E-state index contributed by atoms with van der Waals surface area (Å²) in [4.78, 5) is 16.3. The van der Waals surface area contributed by atoms with Gasteiger partial charge in [-0.3, -0.25) is 9.48 Å². The van der Waals surface area contributed by atoms with E-state index in [4.69, 9.17) is 11.6 Å². The number of hydrogen-bond donors (Lipinski definition) is 2. The van der Waals surface area contributed by atoms with Crippen molar-refractivity contribution in [2.45, 2.75) is 13.3 Å². The lowest BCUT2D eigenvalue weighted by Crippen LogP contribution is -2.13. The molecule has 0 aromatic carbocycles. The number of amides is 1. The molecule has 2 rings (SSSR count). The normalized spacial score (nSPS) is 10.4. The van der Waals surface area contributed by atoms with E-state index in [1.165, 1.54) is 6.07 Å². The van der Waals surface area contributed by atoms with Gasteiger partial charge in [0.1, 0.15) is 11.0 Å². The van der Waals surface area contributed by atoms with E-state index in [1.54, 1.807) is 24.0 Å². The summed E-state index contributed by atoms with van der Waals surface area (Å²) in [5.41, 5.74) is 1.99. The van der Waals surface area contributed by atoms with Crippen molar-refractivity contribution >= 4 is 29.0 Å². The van der Waals surface area contributed by atoms with Crippen LogP contribution in [0.25, 0.3) is 0 Å². The molecule has 0 fully saturated rings. The Morgan fingerprint density at radius 3 is 2.85 bits per heavy atom. The third kappa shape index (κ3) is 3.08. The smallest absolute Gasteiger partial charge is 0.256 e. The van der Waals surface area contributed by atoms with Crippen LogP contribution in [0.1, 0.15) is 23.0 Å². The Kier molecular flexibility index (Phi) is 4.24. The van der Waals surface area contributed by atoms with Crippen LogP contribution in [-0.2, 0) is 13.5 Å². The van der Waals surface area contributed by atoms with Crippen LogP contribution in [0.5, 0.6) is 0 Å². The molecule has 0 bridgehead atoms. The van der Waals surface area contributed by atoms with Crippen LogP contribution < -0.4 is 10.6 Å². The summed E-state index contributed by atoms with van der Waals surface area (Å²) in [6, 6.07) is 3.17. The molecule has 0 radical (unpaired) electrons. The Morgan fingerprint density at radius 2 is 2.20 bits per heavy atom. The molecule has 6 nitrogen and oxygen atoms in total. The molecule has 0 aliphatic carbocycles. The van der Waals surface area contributed by atoms with Crippen LogP contribution in [0.3, 0.4) is 0 Å². The van der Waals surface area contributed by atoms with Crippen molar-refractivity contribution in [1.82, 2.24) is 14.8 Å². The third-order valence-electron chi connectivity index (χ3n) is 2.80. The number of nitrogens with one attached hydrogen (secondary N) is 2. The number of anilines is 2. The van der Waals surface area contributed by atoms with Crippen molar-refractivity contribution in [3.63, 3.8) is 0 Å². The first-order chi connectivity index (χ1) is 9.53. The summed E-state index contributed by atoms with van der Waals surface area (Å²) in [5, 5.41) is 10.2. The molecule has 1 amide bonds. The second kappa shape index (κ2) is 5.92. The maximum atomic E-state index is 12.2. The largest absolute Gasteiger partial charge is 0.373 e. The molecule has 2 aromatic heterocycles. The first-order valence-corrected chi connectivity index (χ1v) is 6.60. The summed E-state index contributed by atoms with van der Waals surface area (Å²) in [6.07, 6.45) is 2.52. The number of pyridine rings is 1. The predicted octanol–water partition coefficient (Wildman–Crippen LogP) is 2.32. The topological polar surface area (TPSA) is 71.8 Å². The zero-order valence-electron chi connectivity index (χ0n) is 11.6. The minimum atomic E-state index is -0.242. The van der Waals surface area contributed by atoms with E-state index in [0.717, 1.165) is 12.1 Å². The molecule has 2 N–H and O–H groups in total. The van der Waals surface area contributed by atoms with E-state index in [2.05, 4.69) is 20.7 Å². The molecule has 0 saturated heterocycles. The van der Waals surface area contributed by atoms with E-state index in [1.807, 2.05) is 14.0 Å². The number of halogens is 1. The Morgan fingerprint density at radius 1 is 1.45 bits per heavy atom. The van der Waals surface area contributed by atoms with Gasteiger partial charge >= 0.3 is 0 Å². The van der Waals surface area contributed by atoms with Crippen LogP contribution in [0.4, 0.5) is 11.5 Å². The highest BCUT2D eigenvalue weighted by atomic mass is 35.5. The van der Waals surface area contributed by atoms with E-state index < -0.39 is 0 Å². The van der Waals surface area contributed by atoms with Crippen molar-refractivity contribution in [2.75, 3.05) is 17.7 Å². The lowest BCUT2D eigenvalue weighted by molar-refractivity contribution is 0.102. The number of carbonyl (C=O) groups excluding carboxylic acids is 1. The highest BCUT2D eigenvalue weighted by Gasteiger charge is 2.13.